The molecule has 23 heavy (non-hydrogen) atoms. The molecule has 0 heterocycles. The third-order valence-corrected chi connectivity index (χ3v) is 5.37. The molecule has 0 atom stereocenters. The van der Waals surface area contributed by atoms with Crippen molar-refractivity contribution in [3.05, 3.63) is 0 Å². The maximum atomic E-state index is 4.46. The molecule has 2 nitrogen and oxygen atoms in total. The van der Waals surface area contributed by atoms with Gasteiger partial charge in [-0.05, 0) is 55.4 Å². The van der Waals surface area contributed by atoms with E-state index in [9.17, 15) is 0 Å². The Balaban J connectivity index is -0.000000273. The molecule has 0 aliphatic carbocycles. The summed E-state index contributed by atoms with van der Waals surface area (Å²) in [6, 6.07) is 0. The van der Waals surface area contributed by atoms with Gasteiger partial charge >= 0.3 is 50.2 Å². The van der Waals surface area contributed by atoms with Crippen LogP contribution in [-0.2, 0) is 30.5 Å². The second kappa shape index (κ2) is 16.0. The van der Waals surface area contributed by atoms with Gasteiger partial charge in [-0.3, -0.25) is 0 Å². The van der Waals surface area contributed by atoms with Gasteiger partial charge in [-0.1, -0.05) is 0 Å². The number of rotatable bonds is 8. The Kier molecular flexibility index (Phi) is 20.5. The standard InChI is InChI=1S/2C8H20N.Mo.4S/c2*1-5-9(6-2,7-3)8-4;;;;;/h2*5-8H2,1-4H3;;;;;/q2*+1;;;;2*-1. The van der Waals surface area contributed by atoms with E-state index < -0.39 is 9.86 Å². The van der Waals surface area contributed by atoms with Crippen molar-refractivity contribution in [2.45, 2.75) is 55.4 Å². The Morgan fingerprint density at radius 1 is 0.522 bits per heavy atom. The fourth-order valence-electron chi connectivity index (χ4n) is 2.68. The van der Waals surface area contributed by atoms with Crippen LogP contribution in [0.15, 0.2) is 0 Å². The van der Waals surface area contributed by atoms with Crippen LogP contribution < -0.4 is 0 Å². The zero-order valence-corrected chi connectivity index (χ0v) is 21.9. The summed E-state index contributed by atoms with van der Waals surface area (Å²) in [4.78, 5) is 0. The fourth-order valence-corrected chi connectivity index (χ4v) is 2.68. The van der Waals surface area contributed by atoms with E-state index in [4.69, 9.17) is 0 Å². The van der Waals surface area contributed by atoms with Gasteiger partial charge in [0.05, 0.1) is 52.4 Å². The molecule has 0 aromatic rings. The summed E-state index contributed by atoms with van der Waals surface area (Å²) in [5.74, 6) is 0. The predicted molar refractivity (Wildman–Crippen MR) is 115 cm³/mol. The molecule has 0 bridgehead atoms. The van der Waals surface area contributed by atoms with E-state index in [0.29, 0.717) is 0 Å². The van der Waals surface area contributed by atoms with Gasteiger partial charge in [-0.2, -0.15) is 0 Å². The second-order valence-electron chi connectivity index (χ2n) is 5.62. The van der Waals surface area contributed by atoms with Gasteiger partial charge in [0, 0.05) is 0 Å². The average molecular weight is 485 g/mol. The third kappa shape index (κ3) is 16.9. The molecule has 0 radical (unpaired) electrons. The van der Waals surface area contributed by atoms with Crippen molar-refractivity contribution in [3.63, 3.8) is 0 Å². The normalized spacial score (nSPS) is 11.9. The van der Waals surface area contributed by atoms with E-state index in [1.807, 2.05) is 0 Å². The Hall–Kier alpha value is 1.75. The van der Waals surface area contributed by atoms with Gasteiger partial charge in [-0.25, -0.2) is 0 Å². The summed E-state index contributed by atoms with van der Waals surface area (Å²) in [5, 5.41) is 0. The van der Waals surface area contributed by atoms with Gasteiger partial charge in [0.1, 0.15) is 0 Å². The molecule has 7 heteroatoms. The van der Waals surface area contributed by atoms with Crippen LogP contribution in [0, 0.1) is 0 Å². The summed E-state index contributed by atoms with van der Waals surface area (Å²) in [5.41, 5.74) is 0. The molecule has 0 spiro atoms. The van der Waals surface area contributed by atoms with Crippen molar-refractivity contribution in [2.75, 3.05) is 52.4 Å². The molecule has 0 fully saturated rings. The monoisotopic (exact) mass is 486 g/mol. The summed E-state index contributed by atoms with van der Waals surface area (Å²) >= 11 is 0. The first kappa shape index (κ1) is 29.5. The molecule has 0 saturated heterocycles. The van der Waals surface area contributed by atoms with Crippen LogP contribution in [-0.4, -0.2) is 61.3 Å². The van der Waals surface area contributed by atoms with E-state index >= 15 is 0 Å². The Labute approximate surface area is 165 Å². The Bertz CT molecular complexity index is 288. The van der Waals surface area contributed by atoms with Crippen LogP contribution in [0.5, 0.6) is 0 Å². The number of nitrogens with zero attached hydrogens (tertiary/aromatic N) is 2. The van der Waals surface area contributed by atoms with Crippen molar-refractivity contribution >= 4 is 40.3 Å². The molecule has 0 aromatic heterocycles. The number of quaternary nitrogens is 2. The minimum atomic E-state index is -2.69. The third-order valence-electron chi connectivity index (χ3n) is 5.37. The van der Waals surface area contributed by atoms with Crippen LogP contribution in [0.3, 0.4) is 0 Å². The van der Waals surface area contributed by atoms with Crippen LogP contribution in [0.4, 0.5) is 0 Å². The van der Waals surface area contributed by atoms with Crippen LogP contribution in [0.1, 0.15) is 55.4 Å². The van der Waals surface area contributed by atoms with Crippen molar-refractivity contribution in [1.29, 1.82) is 0 Å². The topological polar surface area (TPSA) is 0 Å². The summed E-state index contributed by atoms with van der Waals surface area (Å²) in [6.07, 6.45) is 0. The molecule has 144 valence electrons. The van der Waals surface area contributed by atoms with E-state index in [0.717, 1.165) is 0 Å². The van der Waals surface area contributed by atoms with Crippen LogP contribution in [0.2, 0.25) is 0 Å². The zero-order chi connectivity index (χ0) is 19.2. The SMILES string of the molecule is CC[N+](CC)(CC)CC.CC[N+](CC)(CC)CC.[S]=[Mo](=[S])([S-])[S-]. The molecule has 0 rings (SSSR count). The van der Waals surface area contributed by atoms with Gasteiger partial charge in [0.15, 0.2) is 0 Å². The van der Waals surface area contributed by atoms with Gasteiger partial charge in [0.2, 0.25) is 0 Å². The number of hydrogen-bond acceptors (Lipinski definition) is 4. The van der Waals surface area contributed by atoms with E-state index in [1.165, 1.54) is 61.3 Å². The van der Waals surface area contributed by atoms with Crippen molar-refractivity contribution in [1.82, 2.24) is 0 Å². The predicted octanol–water partition coefficient (Wildman–Crippen LogP) is 5.05. The summed E-state index contributed by atoms with van der Waals surface area (Å²) < 4.78 is 2.56. The van der Waals surface area contributed by atoms with Gasteiger partial charge < -0.3 is 8.97 Å². The van der Waals surface area contributed by atoms with Crippen molar-refractivity contribution < 1.29 is 18.8 Å². The average Bonchev–Trinajstić information content (AvgIpc) is 2.52. The molecule has 0 amide bonds. The quantitative estimate of drug-likeness (QED) is 0.268. The fraction of sp³-hybridized carbons (Fsp3) is 1.00. The van der Waals surface area contributed by atoms with Gasteiger partial charge in [-0.15, -0.1) is 0 Å². The summed E-state index contributed by atoms with van der Waals surface area (Å²) in [6.45, 7) is 28.4. The molecule has 0 saturated carbocycles. The van der Waals surface area contributed by atoms with Gasteiger partial charge in [0.25, 0.3) is 0 Å². The van der Waals surface area contributed by atoms with E-state index in [2.05, 4.69) is 95.7 Å². The van der Waals surface area contributed by atoms with Crippen molar-refractivity contribution in [2.24, 2.45) is 0 Å². The first-order valence-corrected chi connectivity index (χ1v) is 20.0. The van der Waals surface area contributed by atoms with Crippen LogP contribution >= 0.6 is 19.6 Å². The van der Waals surface area contributed by atoms with E-state index in [1.54, 1.807) is 0 Å². The van der Waals surface area contributed by atoms with E-state index in [-0.39, 0.29) is 0 Å². The summed E-state index contributed by atoms with van der Waals surface area (Å²) in [7, 11) is 15.2. The molecule has 0 aromatic carbocycles. The maximum absolute atomic E-state index is 4.46. The minimum absolute atomic E-state index is 1.28. The van der Waals surface area contributed by atoms with Crippen LogP contribution in [0.25, 0.3) is 0 Å². The first-order valence-electron chi connectivity index (χ1n) is 8.85. The molecule has 0 aliphatic rings. The van der Waals surface area contributed by atoms with Crippen molar-refractivity contribution in [3.8, 4) is 0 Å². The molecular weight excluding hydrogens is 444 g/mol. The Morgan fingerprint density at radius 3 is 0.609 bits per heavy atom. The Morgan fingerprint density at radius 2 is 0.609 bits per heavy atom. The zero-order valence-electron chi connectivity index (χ0n) is 16.6. The molecule has 0 aliphatic heterocycles. The second-order valence-corrected chi connectivity index (χ2v) is 27.0. The molecular formula is C16H40MoN2S4. The number of hydrogen-bond donors (Lipinski definition) is 0. The first-order chi connectivity index (χ1) is 10.5. The molecule has 0 unspecified atom stereocenters. The molecule has 0 N–H and O–H groups in total.